The van der Waals surface area contributed by atoms with Crippen LogP contribution in [0, 0.1) is 11.6 Å². The van der Waals surface area contributed by atoms with Crippen LogP contribution in [-0.2, 0) is 10.0 Å². The van der Waals surface area contributed by atoms with Crippen LogP contribution in [0.5, 0.6) is 5.75 Å². The van der Waals surface area contributed by atoms with Gasteiger partial charge in [0.05, 0.1) is 4.90 Å². The summed E-state index contributed by atoms with van der Waals surface area (Å²) in [5.74, 6) is -1.40. The van der Waals surface area contributed by atoms with E-state index in [9.17, 15) is 17.2 Å². The van der Waals surface area contributed by atoms with Crippen molar-refractivity contribution >= 4 is 21.6 Å². The lowest BCUT2D eigenvalue weighted by Crippen LogP contribution is -2.31. The average molecular weight is 362 g/mol. The van der Waals surface area contributed by atoms with Gasteiger partial charge in [-0.2, -0.15) is 4.31 Å². The molecule has 0 aliphatic heterocycles. The molecule has 0 aliphatic rings. The molecule has 0 aliphatic carbocycles. The Kier molecular flexibility index (Phi) is 5.56. The van der Waals surface area contributed by atoms with Crippen LogP contribution < -0.4 is 4.74 Å². The summed E-state index contributed by atoms with van der Waals surface area (Å²) < 4.78 is 57.2. The second kappa shape index (κ2) is 7.25. The average Bonchev–Trinajstić information content (AvgIpc) is 2.46. The van der Waals surface area contributed by atoms with Crippen molar-refractivity contribution in [2.75, 3.05) is 20.2 Å². The lowest BCUT2D eigenvalue weighted by atomic mass is 10.3. The number of halogens is 3. The molecule has 2 rings (SSSR count). The summed E-state index contributed by atoms with van der Waals surface area (Å²) in [6.07, 6.45) is 0. The minimum Gasteiger partial charge on any atom is -0.492 e. The molecule has 0 amide bonds. The van der Waals surface area contributed by atoms with Gasteiger partial charge in [0.2, 0.25) is 10.0 Å². The first-order valence-corrected chi connectivity index (χ1v) is 8.41. The second-order valence-electron chi connectivity index (χ2n) is 4.74. The number of benzene rings is 2. The molecule has 0 unspecified atom stereocenters. The van der Waals surface area contributed by atoms with Gasteiger partial charge < -0.3 is 4.74 Å². The van der Waals surface area contributed by atoms with Crippen molar-refractivity contribution in [1.29, 1.82) is 0 Å². The van der Waals surface area contributed by atoms with Crippen molar-refractivity contribution in [3.05, 3.63) is 59.1 Å². The van der Waals surface area contributed by atoms with Gasteiger partial charge in [-0.25, -0.2) is 17.2 Å². The maximum Gasteiger partial charge on any atom is 0.243 e. The smallest absolute Gasteiger partial charge is 0.243 e. The normalized spacial score (nSPS) is 11.7. The van der Waals surface area contributed by atoms with Crippen LogP contribution in [0.25, 0.3) is 0 Å². The summed E-state index contributed by atoms with van der Waals surface area (Å²) in [4.78, 5) is -0.444. The Bertz CT molecular complexity index is 779. The zero-order valence-corrected chi connectivity index (χ0v) is 13.7. The Morgan fingerprint density at radius 3 is 2.39 bits per heavy atom. The highest BCUT2D eigenvalue weighted by Gasteiger charge is 2.22. The maximum absolute atomic E-state index is 13.2. The van der Waals surface area contributed by atoms with Gasteiger partial charge in [-0.3, -0.25) is 0 Å². The zero-order chi connectivity index (χ0) is 17.0. The molecule has 23 heavy (non-hydrogen) atoms. The van der Waals surface area contributed by atoms with Gasteiger partial charge in [-0.05, 0) is 30.3 Å². The van der Waals surface area contributed by atoms with Crippen molar-refractivity contribution in [2.45, 2.75) is 4.90 Å². The fourth-order valence-electron chi connectivity index (χ4n) is 1.83. The van der Waals surface area contributed by atoms with E-state index in [1.165, 1.54) is 7.05 Å². The van der Waals surface area contributed by atoms with Gasteiger partial charge in [-0.1, -0.05) is 17.7 Å². The summed E-state index contributed by atoms with van der Waals surface area (Å²) >= 11 is 5.81. The van der Waals surface area contributed by atoms with E-state index in [0.717, 1.165) is 16.4 Å². The van der Waals surface area contributed by atoms with E-state index >= 15 is 0 Å². The molecule has 4 nitrogen and oxygen atoms in total. The summed E-state index contributed by atoms with van der Waals surface area (Å²) in [7, 11) is -2.69. The molecule has 0 fully saturated rings. The van der Waals surface area contributed by atoms with E-state index < -0.39 is 26.6 Å². The molecule has 0 saturated heterocycles. The molecular formula is C15H14ClF2NO3S. The predicted octanol–water partition coefficient (Wildman–Crippen LogP) is 3.32. The lowest BCUT2D eigenvalue weighted by Gasteiger charge is -2.17. The van der Waals surface area contributed by atoms with Crippen LogP contribution in [0.15, 0.2) is 47.4 Å². The Balaban J connectivity index is 2.02. The van der Waals surface area contributed by atoms with Gasteiger partial charge >= 0.3 is 0 Å². The van der Waals surface area contributed by atoms with Crippen LogP contribution in [0.4, 0.5) is 8.78 Å². The Morgan fingerprint density at radius 1 is 1.13 bits per heavy atom. The van der Waals surface area contributed by atoms with E-state index in [1.54, 1.807) is 24.3 Å². The van der Waals surface area contributed by atoms with Gasteiger partial charge in [0.25, 0.3) is 0 Å². The maximum atomic E-state index is 13.2. The third kappa shape index (κ3) is 4.63. The summed E-state index contributed by atoms with van der Waals surface area (Å²) in [5.41, 5.74) is 0. The molecular weight excluding hydrogens is 348 g/mol. The first kappa shape index (κ1) is 17.7. The molecule has 0 heterocycles. The molecule has 2 aromatic rings. The number of nitrogens with zero attached hydrogens (tertiary/aromatic N) is 1. The minimum atomic E-state index is -4.00. The standard InChI is InChI=1S/C15H14ClF2NO3S/c1-19(5-6-22-14-4-2-3-11(16)7-14)23(20,21)15-9-12(17)8-13(18)10-15/h2-4,7-10H,5-6H2,1H3. The van der Waals surface area contributed by atoms with Crippen molar-refractivity contribution in [1.82, 2.24) is 4.31 Å². The van der Waals surface area contributed by atoms with Gasteiger partial charge in [0, 0.05) is 24.7 Å². The molecule has 0 bridgehead atoms. The monoisotopic (exact) mass is 361 g/mol. The molecule has 0 radical (unpaired) electrons. The lowest BCUT2D eigenvalue weighted by molar-refractivity contribution is 0.287. The van der Waals surface area contributed by atoms with Gasteiger partial charge in [-0.15, -0.1) is 0 Å². The topological polar surface area (TPSA) is 46.6 Å². The van der Waals surface area contributed by atoms with Crippen molar-refractivity contribution < 1.29 is 21.9 Å². The number of likely N-dealkylation sites (N-methyl/N-ethyl adjacent to an activating group) is 1. The van der Waals surface area contributed by atoms with Gasteiger partial charge in [0.15, 0.2) is 0 Å². The molecule has 0 saturated carbocycles. The van der Waals surface area contributed by atoms with Gasteiger partial charge in [0.1, 0.15) is 24.0 Å². The summed E-state index contributed by atoms with van der Waals surface area (Å²) in [6.45, 7) is 0.0703. The highest BCUT2D eigenvalue weighted by atomic mass is 35.5. The fraction of sp³-hybridized carbons (Fsp3) is 0.200. The van der Waals surface area contributed by atoms with Crippen LogP contribution >= 0.6 is 11.6 Å². The Labute approximate surface area is 138 Å². The molecule has 0 N–H and O–H groups in total. The number of hydrogen-bond donors (Lipinski definition) is 0. The molecule has 0 spiro atoms. The van der Waals surface area contributed by atoms with E-state index in [4.69, 9.17) is 16.3 Å². The van der Waals surface area contributed by atoms with E-state index in [1.807, 2.05) is 0 Å². The summed E-state index contributed by atoms with van der Waals surface area (Å²) in [6, 6.07) is 8.82. The van der Waals surface area contributed by atoms with Crippen LogP contribution in [0.1, 0.15) is 0 Å². The van der Waals surface area contributed by atoms with E-state index in [2.05, 4.69) is 0 Å². The molecule has 2 aromatic carbocycles. The minimum absolute atomic E-state index is 0.00692. The van der Waals surface area contributed by atoms with E-state index in [-0.39, 0.29) is 13.2 Å². The molecule has 8 heteroatoms. The van der Waals surface area contributed by atoms with Crippen molar-refractivity contribution in [3.8, 4) is 5.75 Å². The number of rotatable bonds is 6. The van der Waals surface area contributed by atoms with E-state index in [0.29, 0.717) is 16.8 Å². The number of sulfonamides is 1. The Morgan fingerprint density at radius 2 is 1.78 bits per heavy atom. The predicted molar refractivity (Wildman–Crippen MR) is 83.1 cm³/mol. The Hall–Kier alpha value is -1.70. The highest BCUT2D eigenvalue weighted by Crippen LogP contribution is 2.19. The summed E-state index contributed by atoms with van der Waals surface area (Å²) in [5, 5.41) is 0.499. The SMILES string of the molecule is CN(CCOc1cccc(Cl)c1)S(=O)(=O)c1cc(F)cc(F)c1. The van der Waals surface area contributed by atoms with Crippen molar-refractivity contribution in [3.63, 3.8) is 0 Å². The van der Waals surface area contributed by atoms with Crippen molar-refractivity contribution in [2.24, 2.45) is 0 Å². The third-order valence-corrected chi connectivity index (χ3v) is 5.08. The van der Waals surface area contributed by atoms with Crippen LogP contribution in [-0.4, -0.2) is 32.9 Å². The van der Waals surface area contributed by atoms with Crippen LogP contribution in [0.3, 0.4) is 0 Å². The first-order valence-electron chi connectivity index (χ1n) is 6.60. The molecule has 124 valence electrons. The quantitative estimate of drug-likeness (QED) is 0.793. The third-order valence-electron chi connectivity index (χ3n) is 3.02. The fourth-order valence-corrected chi connectivity index (χ4v) is 3.20. The largest absolute Gasteiger partial charge is 0.492 e. The molecule has 0 atom stereocenters. The zero-order valence-electron chi connectivity index (χ0n) is 12.2. The number of ether oxygens (including phenoxy) is 1. The number of hydrogen-bond acceptors (Lipinski definition) is 3. The van der Waals surface area contributed by atoms with Crippen LogP contribution in [0.2, 0.25) is 5.02 Å². The second-order valence-corrected chi connectivity index (χ2v) is 7.22. The first-order chi connectivity index (χ1) is 10.8. The highest BCUT2D eigenvalue weighted by molar-refractivity contribution is 7.89. The molecule has 0 aromatic heterocycles.